The molecule has 9 nitrogen and oxygen atoms in total. The van der Waals surface area contributed by atoms with Crippen LogP contribution in [0.3, 0.4) is 0 Å². The third-order valence-corrected chi connectivity index (χ3v) is 4.82. The molecule has 180 valence electrons. The summed E-state index contributed by atoms with van der Waals surface area (Å²) in [7, 11) is 0. The molecule has 0 spiro atoms. The molecule has 0 bridgehead atoms. The first-order chi connectivity index (χ1) is 16.0. The smallest absolute Gasteiger partial charge is 0.444 e. The molecule has 34 heavy (non-hydrogen) atoms. The van der Waals surface area contributed by atoms with Gasteiger partial charge >= 0.3 is 12.5 Å². The van der Waals surface area contributed by atoms with E-state index in [-0.39, 0.29) is 23.2 Å². The molecule has 3 aromatic rings. The van der Waals surface area contributed by atoms with Crippen molar-refractivity contribution in [3.05, 3.63) is 42.4 Å². The number of aromatic nitrogens is 4. The van der Waals surface area contributed by atoms with E-state index in [1.807, 2.05) is 0 Å². The van der Waals surface area contributed by atoms with Crippen molar-refractivity contribution in [2.75, 3.05) is 6.54 Å². The van der Waals surface area contributed by atoms with Gasteiger partial charge in [0.1, 0.15) is 17.0 Å². The van der Waals surface area contributed by atoms with Crippen molar-refractivity contribution in [1.29, 1.82) is 0 Å². The van der Waals surface area contributed by atoms with Crippen molar-refractivity contribution < 1.29 is 32.0 Å². The van der Waals surface area contributed by atoms with E-state index in [1.165, 1.54) is 30.5 Å². The number of rotatable bonds is 4. The lowest BCUT2D eigenvalue weighted by atomic mass is 10.2. The molecule has 4 rings (SSSR count). The zero-order valence-electron chi connectivity index (χ0n) is 18.7. The van der Waals surface area contributed by atoms with Gasteiger partial charge in [-0.05, 0) is 51.8 Å². The summed E-state index contributed by atoms with van der Waals surface area (Å²) < 4.78 is 52.4. The second-order valence-corrected chi connectivity index (χ2v) is 8.63. The highest BCUT2D eigenvalue weighted by Gasteiger charge is 2.36. The van der Waals surface area contributed by atoms with Gasteiger partial charge in [0, 0.05) is 18.3 Å². The van der Waals surface area contributed by atoms with Gasteiger partial charge in [-0.3, -0.25) is 4.90 Å². The number of amides is 1. The Balaban J connectivity index is 1.55. The first kappa shape index (κ1) is 23.5. The average Bonchev–Trinajstić information content (AvgIpc) is 3.41. The van der Waals surface area contributed by atoms with E-state index in [0.29, 0.717) is 24.4 Å². The van der Waals surface area contributed by atoms with Gasteiger partial charge in [0.25, 0.3) is 5.89 Å². The van der Waals surface area contributed by atoms with Gasteiger partial charge in [0.05, 0.1) is 6.04 Å². The monoisotopic (exact) mass is 477 g/mol. The molecular formula is C22H22F3N5O4. The molecule has 0 saturated carbocycles. The zero-order chi connectivity index (χ0) is 24.5. The SMILES string of the molecule is CC(C)(C)OC(=O)N1CCCC1c1noc(-c2ccnc(-c3cccc(OC(F)(F)F)c3)n2)n1. The minimum atomic E-state index is -4.81. The van der Waals surface area contributed by atoms with E-state index in [1.54, 1.807) is 31.7 Å². The lowest BCUT2D eigenvalue weighted by molar-refractivity contribution is -0.274. The van der Waals surface area contributed by atoms with Crippen molar-refractivity contribution in [1.82, 2.24) is 25.0 Å². The fourth-order valence-electron chi connectivity index (χ4n) is 3.50. The summed E-state index contributed by atoms with van der Waals surface area (Å²) >= 11 is 0. The van der Waals surface area contributed by atoms with Crippen molar-refractivity contribution in [2.45, 2.75) is 51.6 Å². The molecule has 1 saturated heterocycles. The molecule has 2 aromatic heterocycles. The number of benzene rings is 1. The number of ether oxygens (including phenoxy) is 2. The minimum Gasteiger partial charge on any atom is -0.444 e. The van der Waals surface area contributed by atoms with Crippen LogP contribution in [0.1, 0.15) is 45.5 Å². The number of nitrogens with zero attached hydrogens (tertiary/aromatic N) is 5. The van der Waals surface area contributed by atoms with E-state index in [0.717, 1.165) is 6.42 Å². The van der Waals surface area contributed by atoms with Gasteiger partial charge in [-0.2, -0.15) is 4.98 Å². The van der Waals surface area contributed by atoms with Crippen molar-refractivity contribution >= 4 is 6.09 Å². The van der Waals surface area contributed by atoms with Crippen LogP contribution in [0.15, 0.2) is 41.1 Å². The number of likely N-dealkylation sites (tertiary alicyclic amines) is 1. The Bertz CT molecular complexity index is 1180. The average molecular weight is 477 g/mol. The highest BCUT2D eigenvalue weighted by atomic mass is 19.4. The molecule has 1 unspecified atom stereocenters. The first-order valence-electron chi connectivity index (χ1n) is 10.5. The molecule has 1 aliphatic heterocycles. The molecule has 1 aromatic carbocycles. The topological polar surface area (TPSA) is 103 Å². The molecule has 0 N–H and O–H groups in total. The fourth-order valence-corrected chi connectivity index (χ4v) is 3.50. The van der Waals surface area contributed by atoms with Gasteiger partial charge in [0.2, 0.25) is 0 Å². The number of alkyl halides is 3. The highest BCUT2D eigenvalue weighted by molar-refractivity contribution is 5.69. The van der Waals surface area contributed by atoms with Gasteiger partial charge in [0.15, 0.2) is 11.6 Å². The Labute approximate surface area is 192 Å². The summed E-state index contributed by atoms with van der Waals surface area (Å²) in [6.45, 7) is 5.89. The predicted molar refractivity (Wildman–Crippen MR) is 112 cm³/mol. The number of hydrogen-bond acceptors (Lipinski definition) is 8. The van der Waals surface area contributed by atoms with Crippen LogP contribution in [0.4, 0.5) is 18.0 Å². The van der Waals surface area contributed by atoms with Crippen molar-refractivity contribution in [2.24, 2.45) is 0 Å². The van der Waals surface area contributed by atoms with E-state index < -0.39 is 24.1 Å². The van der Waals surface area contributed by atoms with Crippen LogP contribution in [-0.2, 0) is 4.74 Å². The predicted octanol–water partition coefficient (Wildman–Crippen LogP) is 5.16. The van der Waals surface area contributed by atoms with Crippen LogP contribution in [0, 0.1) is 0 Å². The largest absolute Gasteiger partial charge is 0.573 e. The molecule has 1 atom stereocenters. The highest BCUT2D eigenvalue weighted by Crippen LogP contribution is 2.33. The van der Waals surface area contributed by atoms with E-state index in [4.69, 9.17) is 9.26 Å². The Morgan fingerprint density at radius 1 is 1.18 bits per heavy atom. The summed E-state index contributed by atoms with van der Waals surface area (Å²) in [5.41, 5.74) is -0.0326. The number of hydrogen-bond donors (Lipinski definition) is 0. The van der Waals surface area contributed by atoms with Crippen LogP contribution in [-0.4, -0.2) is 49.6 Å². The van der Waals surface area contributed by atoms with E-state index in [9.17, 15) is 18.0 Å². The van der Waals surface area contributed by atoms with Crippen LogP contribution in [0.25, 0.3) is 23.0 Å². The fraction of sp³-hybridized carbons (Fsp3) is 0.409. The normalized spacial score (nSPS) is 16.5. The maximum atomic E-state index is 12.6. The number of carbonyl (C=O) groups excluding carboxylic acids is 1. The minimum absolute atomic E-state index is 0.0948. The Hall–Kier alpha value is -3.70. The molecular weight excluding hydrogens is 455 g/mol. The summed E-state index contributed by atoms with van der Waals surface area (Å²) in [4.78, 5) is 27.0. The Morgan fingerprint density at radius 3 is 2.71 bits per heavy atom. The molecule has 0 aliphatic carbocycles. The van der Waals surface area contributed by atoms with Crippen LogP contribution >= 0.6 is 0 Å². The maximum absolute atomic E-state index is 12.6. The molecule has 1 amide bonds. The molecule has 1 fully saturated rings. The summed E-state index contributed by atoms with van der Waals surface area (Å²) in [5.74, 6) is 0.181. The van der Waals surface area contributed by atoms with E-state index >= 15 is 0 Å². The van der Waals surface area contributed by atoms with Gasteiger partial charge < -0.3 is 14.0 Å². The van der Waals surface area contributed by atoms with Crippen LogP contribution in [0.2, 0.25) is 0 Å². The molecule has 3 heterocycles. The number of carbonyl (C=O) groups is 1. The standard InChI is InChI=1S/C22H22F3N5O4/c1-21(2,3)33-20(31)30-11-5-8-16(30)18-28-19(34-29-18)15-9-10-26-17(27-15)13-6-4-7-14(12-13)32-22(23,24)25/h4,6-7,9-10,12,16H,5,8,11H2,1-3H3. The Morgan fingerprint density at radius 2 is 1.97 bits per heavy atom. The Kier molecular flexibility index (Phi) is 6.15. The second-order valence-electron chi connectivity index (χ2n) is 8.63. The zero-order valence-corrected chi connectivity index (χ0v) is 18.7. The third kappa shape index (κ3) is 5.61. The van der Waals surface area contributed by atoms with Crippen molar-refractivity contribution in [3.63, 3.8) is 0 Å². The van der Waals surface area contributed by atoms with E-state index in [2.05, 4.69) is 24.8 Å². The van der Waals surface area contributed by atoms with Gasteiger partial charge in [-0.1, -0.05) is 17.3 Å². The first-order valence-corrected chi connectivity index (χ1v) is 10.5. The van der Waals surface area contributed by atoms with Crippen molar-refractivity contribution in [3.8, 4) is 28.7 Å². The number of halogens is 3. The lowest BCUT2D eigenvalue weighted by Crippen LogP contribution is -2.36. The van der Waals surface area contributed by atoms with Crippen LogP contribution < -0.4 is 4.74 Å². The van der Waals surface area contributed by atoms with Gasteiger partial charge in [-0.15, -0.1) is 13.2 Å². The molecule has 12 heteroatoms. The second kappa shape index (κ2) is 8.92. The lowest BCUT2D eigenvalue weighted by Gasteiger charge is -2.27. The summed E-state index contributed by atoms with van der Waals surface area (Å²) in [5, 5.41) is 4.02. The van der Waals surface area contributed by atoms with Crippen LogP contribution in [0.5, 0.6) is 5.75 Å². The quantitative estimate of drug-likeness (QED) is 0.507. The van der Waals surface area contributed by atoms with Gasteiger partial charge in [-0.25, -0.2) is 14.8 Å². The summed E-state index contributed by atoms with van der Waals surface area (Å²) in [6.07, 6.45) is -2.41. The molecule has 0 radical (unpaired) electrons. The molecule has 1 aliphatic rings. The summed E-state index contributed by atoms with van der Waals surface area (Å²) in [6, 6.07) is 6.47. The third-order valence-electron chi connectivity index (χ3n) is 4.82. The maximum Gasteiger partial charge on any atom is 0.573 e.